The van der Waals surface area contributed by atoms with E-state index in [4.69, 9.17) is 15.2 Å². The first-order valence-electron chi connectivity index (χ1n) is 5.14. The highest BCUT2D eigenvalue weighted by Crippen LogP contribution is 2.31. The maximum absolute atomic E-state index is 11.3. The smallest absolute Gasteiger partial charge is 0.249 e. The Morgan fingerprint density at radius 1 is 1.29 bits per heavy atom. The summed E-state index contributed by atoms with van der Waals surface area (Å²) in [7, 11) is 1.61. The summed E-state index contributed by atoms with van der Waals surface area (Å²) in [6.45, 7) is 0.953. The normalized spacial score (nSPS) is 20.6. The van der Waals surface area contributed by atoms with Crippen LogP contribution in [0.3, 0.4) is 0 Å². The summed E-state index contributed by atoms with van der Waals surface area (Å²) in [5.74, 6) is -0.326. The Kier molecular flexibility index (Phi) is 4.35. The fourth-order valence-electron chi connectivity index (χ4n) is 1.91. The molecule has 1 fully saturated rings. The first-order chi connectivity index (χ1) is 6.71. The maximum atomic E-state index is 11.3. The van der Waals surface area contributed by atoms with Gasteiger partial charge in [0.25, 0.3) is 0 Å². The van der Waals surface area contributed by atoms with Crippen LogP contribution in [-0.4, -0.2) is 31.8 Å². The molecule has 14 heavy (non-hydrogen) atoms. The van der Waals surface area contributed by atoms with Crippen LogP contribution >= 0.6 is 0 Å². The summed E-state index contributed by atoms with van der Waals surface area (Å²) in [6.07, 6.45) is 4.73. The molecule has 0 aromatic heterocycles. The Labute approximate surface area is 84.7 Å². The number of hydrogen-bond donors (Lipinski definition) is 1. The molecule has 0 heterocycles. The van der Waals surface area contributed by atoms with E-state index in [-0.39, 0.29) is 5.91 Å². The molecule has 0 radical (unpaired) electrons. The lowest BCUT2D eigenvalue weighted by Gasteiger charge is -2.34. The number of ether oxygens (including phenoxy) is 2. The monoisotopic (exact) mass is 201 g/mol. The Balaban J connectivity index is 2.47. The van der Waals surface area contributed by atoms with E-state index < -0.39 is 5.60 Å². The third-order valence-electron chi connectivity index (χ3n) is 2.78. The van der Waals surface area contributed by atoms with Gasteiger partial charge in [-0.1, -0.05) is 19.3 Å². The van der Waals surface area contributed by atoms with Crippen LogP contribution in [0, 0.1) is 0 Å². The molecule has 2 N–H and O–H groups in total. The molecule has 0 bridgehead atoms. The number of hydrogen-bond acceptors (Lipinski definition) is 3. The van der Waals surface area contributed by atoms with Crippen molar-refractivity contribution in [3.8, 4) is 0 Å². The zero-order valence-electron chi connectivity index (χ0n) is 8.75. The summed E-state index contributed by atoms with van der Waals surface area (Å²) >= 11 is 0. The molecule has 4 heteroatoms. The van der Waals surface area contributed by atoms with Crippen molar-refractivity contribution in [2.45, 2.75) is 37.7 Å². The molecule has 1 rings (SSSR count). The Bertz CT molecular complexity index is 188. The number of amides is 1. The lowest BCUT2D eigenvalue weighted by molar-refractivity contribution is -0.150. The van der Waals surface area contributed by atoms with Crippen molar-refractivity contribution in [2.75, 3.05) is 20.3 Å². The lowest BCUT2D eigenvalue weighted by Crippen LogP contribution is -2.48. The lowest BCUT2D eigenvalue weighted by atomic mass is 9.84. The van der Waals surface area contributed by atoms with Crippen LogP contribution < -0.4 is 5.73 Å². The largest absolute Gasteiger partial charge is 0.382 e. The van der Waals surface area contributed by atoms with E-state index in [0.29, 0.717) is 13.2 Å². The van der Waals surface area contributed by atoms with Gasteiger partial charge in [-0.3, -0.25) is 4.79 Å². The Morgan fingerprint density at radius 2 is 1.93 bits per heavy atom. The molecule has 1 aliphatic rings. The number of nitrogens with two attached hydrogens (primary N) is 1. The third-order valence-corrected chi connectivity index (χ3v) is 2.78. The summed E-state index contributed by atoms with van der Waals surface area (Å²) in [5.41, 5.74) is 4.67. The van der Waals surface area contributed by atoms with Crippen LogP contribution in [0.4, 0.5) is 0 Å². The number of primary amides is 1. The van der Waals surface area contributed by atoms with Crippen molar-refractivity contribution >= 4 is 5.91 Å². The van der Waals surface area contributed by atoms with E-state index in [9.17, 15) is 4.79 Å². The first kappa shape index (κ1) is 11.5. The maximum Gasteiger partial charge on any atom is 0.249 e. The molecule has 0 aromatic carbocycles. The van der Waals surface area contributed by atoms with Crippen LogP contribution in [-0.2, 0) is 14.3 Å². The zero-order chi connectivity index (χ0) is 10.4. The fourth-order valence-corrected chi connectivity index (χ4v) is 1.91. The van der Waals surface area contributed by atoms with Crippen molar-refractivity contribution in [2.24, 2.45) is 5.73 Å². The molecule has 0 unspecified atom stereocenters. The predicted molar refractivity (Wildman–Crippen MR) is 52.8 cm³/mol. The number of carbonyl (C=O) groups excluding carboxylic acids is 1. The van der Waals surface area contributed by atoms with Crippen LogP contribution in [0.2, 0.25) is 0 Å². The van der Waals surface area contributed by atoms with Gasteiger partial charge in [-0.05, 0) is 12.8 Å². The van der Waals surface area contributed by atoms with Crippen LogP contribution in [0.25, 0.3) is 0 Å². The average Bonchev–Trinajstić information content (AvgIpc) is 2.19. The van der Waals surface area contributed by atoms with E-state index in [2.05, 4.69) is 0 Å². The van der Waals surface area contributed by atoms with E-state index >= 15 is 0 Å². The molecule has 82 valence electrons. The molecule has 4 nitrogen and oxygen atoms in total. The van der Waals surface area contributed by atoms with Crippen molar-refractivity contribution in [3.63, 3.8) is 0 Å². The van der Waals surface area contributed by atoms with E-state index in [1.54, 1.807) is 7.11 Å². The van der Waals surface area contributed by atoms with Gasteiger partial charge in [0.15, 0.2) is 0 Å². The van der Waals surface area contributed by atoms with E-state index in [0.717, 1.165) is 25.7 Å². The first-order valence-corrected chi connectivity index (χ1v) is 5.14. The fraction of sp³-hybridized carbons (Fsp3) is 0.900. The average molecular weight is 201 g/mol. The highest BCUT2D eigenvalue weighted by Gasteiger charge is 2.38. The standard InChI is InChI=1S/C10H19NO3/c1-13-7-8-14-10(9(11)12)5-3-2-4-6-10/h2-8H2,1H3,(H2,11,12). The van der Waals surface area contributed by atoms with Crippen molar-refractivity contribution in [1.29, 1.82) is 0 Å². The molecule has 0 spiro atoms. The zero-order valence-corrected chi connectivity index (χ0v) is 8.75. The van der Waals surface area contributed by atoms with Gasteiger partial charge in [0.05, 0.1) is 13.2 Å². The topological polar surface area (TPSA) is 61.6 Å². The molecule has 0 aromatic rings. The highest BCUT2D eigenvalue weighted by atomic mass is 16.5. The highest BCUT2D eigenvalue weighted by molar-refractivity contribution is 5.83. The minimum atomic E-state index is -0.712. The predicted octanol–water partition coefficient (Wildman–Crippen LogP) is 0.838. The van der Waals surface area contributed by atoms with Crippen molar-refractivity contribution in [1.82, 2.24) is 0 Å². The second kappa shape index (κ2) is 5.32. The molecule has 1 aliphatic carbocycles. The van der Waals surface area contributed by atoms with Crippen LogP contribution in [0.1, 0.15) is 32.1 Å². The SMILES string of the molecule is COCCOC1(C(N)=O)CCCCC1. The molecular formula is C10H19NO3. The Hall–Kier alpha value is -0.610. The third kappa shape index (κ3) is 2.69. The number of rotatable bonds is 5. The van der Waals surface area contributed by atoms with Gasteiger partial charge in [-0.2, -0.15) is 0 Å². The minimum absolute atomic E-state index is 0.326. The quantitative estimate of drug-likeness (QED) is 0.670. The number of methoxy groups -OCH3 is 1. The molecule has 0 aliphatic heterocycles. The summed E-state index contributed by atoms with van der Waals surface area (Å²) in [4.78, 5) is 11.3. The van der Waals surface area contributed by atoms with E-state index in [1.165, 1.54) is 6.42 Å². The number of carbonyl (C=O) groups is 1. The van der Waals surface area contributed by atoms with Crippen molar-refractivity contribution < 1.29 is 14.3 Å². The molecule has 1 amide bonds. The van der Waals surface area contributed by atoms with Gasteiger partial charge in [-0.15, -0.1) is 0 Å². The second-order valence-electron chi connectivity index (χ2n) is 3.76. The summed E-state index contributed by atoms with van der Waals surface area (Å²) in [5, 5.41) is 0. The van der Waals surface area contributed by atoms with Gasteiger partial charge in [0, 0.05) is 7.11 Å². The molecule has 0 saturated heterocycles. The van der Waals surface area contributed by atoms with E-state index in [1.807, 2.05) is 0 Å². The minimum Gasteiger partial charge on any atom is -0.382 e. The Morgan fingerprint density at radius 3 is 2.43 bits per heavy atom. The molecular weight excluding hydrogens is 182 g/mol. The van der Waals surface area contributed by atoms with Gasteiger partial charge in [-0.25, -0.2) is 0 Å². The van der Waals surface area contributed by atoms with Crippen molar-refractivity contribution in [3.05, 3.63) is 0 Å². The second-order valence-corrected chi connectivity index (χ2v) is 3.76. The van der Waals surface area contributed by atoms with Crippen LogP contribution in [0.15, 0.2) is 0 Å². The van der Waals surface area contributed by atoms with Gasteiger partial charge in [0.1, 0.15) is 5.60 Å². The summed E-state index contributed by atoms with van der Waals surface area (Å²) < 4.78 is 10.5. The van der Waals surface area contributed by atoms with Crippen LogP contribution in [0.5, 0.6) is 0 Å². The molecule has 0 atom stereocenters. The van der Waals surface area contributed by atoms with Gasteiger partial charge in [0.2, 0.25) is 5.91 Å². The summed E-state index contributed by atoms with van der Waals surface area (Å²) in [6, 6.07) is 0. The van der Waals surface area contributed by atoms with Gasteiger partial charge < -0.3 is 15.2 Å². The molecule has 1 saturated carbocycles. The van der Waals surface area contributed by atoms with Gasteiger partial charge >= 0.3 is 0 Å².